The maximum atomic E-state index is 11.6. The van der Waals surface area contributed by atoms with Crippen molar-refractivity contribution in [2.75, 3.05) is 7.11 Å². The first kappa shape index (κ1) is 22.7. The number of carbonyl (C=O) groups excluding carboxylic acids is 1. The van der Waals surface area contributed by atoms with Crippen molar-refractivity contribution < 1.29 is 24.1 Å². The standard InChI is InChI=1S/C27H24N2O5/c1-4-18-5-7-19(8-6-18)16-33-22-13-14-23(24(30)15-22)25-26(17(2)28-29-25)34-21-11-9-20(10-12-21)27(31)32-3/h4-15,30H,1,16H2,2-3H3,(H,28,29). The van der Waals surface area contributed by atoms with E-state index in [0.29, 0.717) is 46.4 Å². The van der Waals surface area contributed by atoms with Gasteiger partial charge in [-0.25, -0.2) is 4.79 Å². The molecule has 0 spiro atoms. The fourth-order valence-electron chi connectivity index (χ4n) is 3.34. The fraction of sp³-hybridized carbons (Fsp3) is 0.111. The van der Waals surface area contributed by atoms with Crippen LogP contribution in [0.3, 0.4) is 0 Å². The summed E-state index contributed by atoms with van der Waals surface area (Å²) in [6, 6.07) is 19.5. The zero-order valence-electron chi connectivity index (χ0n) is 18.9. The van der Waals surface area contributed by atoms with Crippen LogP contribution in [0.2, 0.25) is 0 Å². The molecule has 0 aliphatic carbocycles. The van der Waals surface area contributed by atoms with Gasteiger partial charge in [0.1, 0.15) is 29.5 Å². The summed E-state index contributed by atoms with van der Waals surface area (Å²) in [5.74, 6) is 1.10. The Labute approximate surface area is 197 Å². The molecule has 2 N–H and O–H groups in total. The Morgan fingerprint density at radius 2 is 1.76 bits per heavy atom. The molecule has 7 heteroatoms. The molecule has 1 aromatic heterocycles. The number of ether oxygens (including phenoxy) is 3. The first-order valence-corrected chi connectivity index (χ1v) is 10.6. The molecular formula is C27H24N2O5. The van der Waals surface area contributed by atoms with Crippen molar-refractivity contribution in [3.63, 3.8) is 0 Å². The second-order valence-electron chi connectivity index (χ2n) is 7.56. The molecule has 0 atom stereocenters. The van der Waals surface area contributed by atoms with Crippen molar-refractivity contribution in [3.8, 4) is 34.3 Å². The number of aromatic amines is 1. The number of benzene rings is 3. The van der Waals surface area contributed by atoms with Gasteiger partial charge in [-0.15, -0.1) is 0 Å². The number of rotatable bonds is 8. The number of phenols is 1. The van der Waals surface area contributed by atoms with Gasteiger partial charge >= 0.3 is 5.97 Å². The van der Waals surface area contributed by atoms with Gasteiger partial charge in [0, 0.05) is 11.6 Å². The van der Waals surface area contributed by atoms with Crippen molar-refractivity contribution in [2.45, 2.75) is 13.5 Å². The second kappa shape index (κ2) is 9.95. The SMILES string of the molecule is C=Cc1ccc(COc2ccc(-c3n[nH]c(C)c3Oc3ccc(C(=O)OC)cc3)c(O)c2)cc1. The van der Waals surface area contributed by atoms with Crippen LogP contribution < -0.4 is 9.47 Å². The smallest absolute Gasteiger partial charge is 0.337 e. The number of methoxy groups -OCH3 is 1. The first-order chi connectivity index (χ1) is 16.5. The van der Waals surface area contributed by atoms with Gasteiger partial charge in [-0.2, -0.15) is 5.10 Å². The molecule has 0 unspecified atom stereocenters. The minimum atomic E-state index is -0.423. The predicted molar refractivity (Wildman–Crippen MR) is 129 cm³/mol. The highest BCUT2D eigenvalue weighted by atomic mass is 16.5. The number of aryl methyl sites for hydroxylation is 1. The Morgan fingerprint density at radius 1 is 1.06 bits per heavy atom. The van der Waals surface area contributed by atoms with E-state index in [9.17, 15) is 9.90 Å². The van der Waals surface area contributed by atoms with Crippen LogP contribution in [-0.2, 0) is 11.3 Å². The van der Waals surface area contributed by atoms with Crippen molar-refractivity contribution in [2.24, 2.45) is 0 Å². The number of nitrogens with one attached hydrogen (secondary N) is 1. The number of H-pyrrole nitrogens is 1. The average molecular weight is 456 g/mol. The normalized spacial score (nSPS) is 10.5. The van der Waals surface area contributed by atoms with Gasteiger partial charge in [-0.1, -0.05) is 36.9 Å². The molecule has 0 bridgehead atoms. The number of aromatic hydroxyl groups is 1. The first-order valence-electron chi connectivity index (χ1n) is 10.6. The van der Waals surface area contributed by atoms with Crippen LogP contribution in [0.15, 0.2) is 73.3 Å². The summed E-state index contributed by atoms with van der Waals surface area (Å²) in [4.78, 5) is 11.6. The predicted octanol–water partition coefficient (Wildman–Crippen LogP) is 5.89. The van der Waals surface area contributed by atoms with Gasteiger partial charge < -0.3 is 19.3 Å². The molecule has 0 radical (unpaired) electrons. The topological polar surface area (TPSA) is 93.7 Å². The number of esters is 1. The third-order valence-electron chi connectivity index (χ3n) is 5.23. The van der Waals surface area contributed by atoms with Gasteiger partial charge in [-0.3, -0.25) is 5.10 Å². The van der Waals surface area contributed by atoms with Crippen LogP contribution in [0, 0.1) is 6.92 Å². The van der Waals surface area contributed by atoms with E-state index in [-0.39, 0.29) is 5.75 Å². The van der Waals surface area contributed by atoms with Crippen LogP contribution in [-0.4, -0.2) is 28.4 Å². The lowest BCUT2D eigenvalue weighted by molar-refractivity contribution is 0.0600. The number of phenolic OH excluding ortho intramolecular Hbond substituents is 1. The lowest BCUT2D eigenvalue weighted by Gasteiger charge is -2.11. The minimum Gasteiger partial charge on any atom is -0.507 e. The van der Waals surface area contributed by atoms with Crippen LogP contribution in [0.5, 0.6) is 23.0 Å². The summed E-state index contributed by atoms with van der Waals surface area (Å²) in [5, 5.41) is 17.9. The van der Waals surface area contributed by atoms with Gasteiger partial charge in [0.05, 0.1) is 18.4 Å². The molecule has 34 heavy (non-hydrogen) atoms. The van der Waals surface area contributed by atoms with E-state index >= 15 is 0 Å². The second-order valence-corrected chi connectivity index (χ2v) is 7.56. The molecule has 0 aliphatic rings. The van der Waals surface area contributed by atoms with E-state index in [1.54, 1.807) is 48.5 Å². The van der Waals surface area contributed by atoms with Crippen molar-refractivity contribution in [1.29, 1.82) is 0 Å². The van der Waals surface area contributed by atoms with Gasteiger partial charge in [0.15, 0.2) is 5.75 Å². The maximum absolute atomic E-state index is 11.6. The average Bonchev–Trinajstić information content (AvgIpc) is 3.22. The van der Waals surface area contributed by atoms with Crippen LogP contribution in [0.1, 0.15) is 27.2 Å². The highest BCUT2D eigenvalue weighted by molar-refractivity contribution is 5.89. The monoisotopic (exact) mass is 456 g/mol. The lowest BCUT2D eigenvalue weighted by Crippen LogP contribution is -2.00. The molecule has 172 valence electrons. The van der Waals surface area contributed by atoms with E-state index in [1.165, 1.54) is 7.11 Å². The highest BCUT2D eigenvalue weighted by Gasteiger charge is 2.18. The minimum absolute atomic E-state index is 0.0110. The van der Waals surface area contributed by atoms with Crippen LogP contribution in [0.4, 0.5) is 0 Å². The summed E-state index contributed by atoms with van der Waals surface area (Å²) < 4.78 is 16.6. The summed E-state index contributed by atoms with van der Waals surface area (Å²) in [6.45, 7) is 5.94. The van der Waals surface area contributed by atoms with Crippen LogP contribution >= 0.6 is 0 Å². The zero-order valence-corrected chi connectivity index (χ0v) is 18.9. The van der Waals surface area contributed by atoms with E-state index in [1.807, 2.05) is 31.2 Å². The quantitative estimate of drug-likeness (QED) is 0.321. The molecule has 4 aromatic rings. The number of aromatic nitrogens is 2. The summed E-state index contributed by atoms with van der Waals surface area (Å²) in [5.41, 5.74) is 4.11. The third-order valence-corrected chi connectivity index (χ3v) is 5.23. The molecule has 0 amide bonds. The van der Waals surface area contributed by atoms with E-state index in [0.717, 1.165) is 11.1 Å². The summed E-state index contributed by atoms with van der Waals surface area (Å²) in [6.07, 6.45) is 1.79. The number of nitrogens with zero attached hydrogens (tertiary/aromatic N) is 1. The molecule has 7 nitrogen and oxygen atoms in total. The third kappa shape index (κ3) is 4.94. The number of hydrogen-bond donors (Lipinski definition) is 2. The van der Waals surface area contributed by atoms with Gasteiger partial charge in [0.2, 0.25) is 0 Å². The van der Waals surface area contributed by atoms with Crippen molar-refractivity contribution in [1.82, 2.24) is 10.2 Å². The largest absolute Gasteiger partial charge is 0.507 e. The Hall–Kier alpha value is -4.52. The Bertz CT molecular complexity index is 1310. The Morgan fingerprint density at radius 3 is 2.41 bits per heavy atom. The van der Waals surface area contributed by atoms with Gasteiger partial charge in [-0.05, 0) is 54.4 Å². The fourth-order valence-corrected chi connectivity index (χ4v) is 3.34. The molecular weight excluding hydrogens is 432 g/mol. The molecule has 0 saturated carbocycles. The van der Waals surface area contributed by atoms with Gasteiger partial charge in [0.25, 0.3) is 0 Å². The molecule has 0 fully saturated rings. The number of hydrogen-bond acceptors (Lipinski definition) is 6. The van der Waals surface area contributed by atoms with E-state index in [2.05, 4.69) is 16.8 Å². The maximum Gasteiger partial charge on any atom is 0.337 e. The molecule has 4 rings (SSSR count). The molecule has 0 aliphatic heterocycles. The Kier molecular flexibility index (Phi) is 6.64. The zero-order chi connectivity index (χ0) is 24.1. The molecule has 0 saturated heterocycles. The van der Waals surface area contributed by atoms with Crippen molar-refractivity contribution in [3.05, 3.63) is 95.7 Å². The lowest BCUT2D eigenvalue weighted by atomic mass is 10.1. The molecule has 3 aromatic carbocycles. The van der Waals surface area contributed by atoms with Crippen molar-refractivity contribution >= 4 is 12.0 Å². The number of carbonyl (C=O) groups is 1. The highest BCUT2D eigenvalue weighted by Crippen LogP contribution is 2.39. The molecule has 1 heterocycles. The van der Waals surface area contributed by atoms with E-state index < -0.39 is 5.97 Å². The van der Waals surface area contributed by atoms with E-state index in [4.69, 9.17) is 14.2 Å². The summed E-state index contributed by atoms with van der Waals surface area (Å²) in [7, 11) is 1.33. The summed E-state index contributed by atoms with van der Waals surface area (Å²) >= 11 is 0. The Balaban J connectivity index is 1.51. The van der Waals surface area contributed by atoms with Crippen LogP contribution in [0.25, 0.3) is 17.3 Å².